The van der Waals surface area contributed by atoms with Crippen molar-refractivity contribution >= 4 is 11.7 Å². The second-order valence-electron chi connectivity index (χ2n) is 2.47. The number of rotatable bonds is 2. The van der Waals surface area contributed by atoms with E-state index in [0.717, 1.165) is 12.1 Å². The molecule has 1 rings (SSSR count). The highest BCUT2D eigenvalue weighted by Gasteiger charge is 2.11. The maximum atomic E-state index is 12.7. The molecule has 1 aromatic rings. The van der Waals surface area contributed by atoms with E-state index in [2.05, 4.69) is 4.74 Å². The first kappa shape index (κ1) is 9.99. The summed E-state index contributed by atoms with van der Waals surface area (Å²) < 4.78 is 17.2. The van der Waals surface area contributed by atoms with Crippen LogP contribution in [0.2, 0.25) is 0 Å². The molecule has 14 heavy (non-hydrogen) atoms. The molecule has 72 valence electrons. The van der Waals surface area contributed by atoms with E-state index in [9.17, 15) is 9.18 Å². The number of nitrogens with two attached hydrogens (primary N) is 1. The van der Waals surface area contributed by atoms with Crippen LogP contribution in [0.3, 0.4) is 0 Å². The Morgan fingerprint density at radius 3 is 3.00 bits per heavy atom. The molecule has 2 N–H and O–H groups in total. The minimum absolute atomic E-state index is 0.0692. The number of hydrogen-bond donors (Lipinski definition) is 1. The summed E-state index contributed by atoms with van der Waals surface area (Å²) in [7, 11) is 0. The normalized spacial score (nSPS) is 9.14. The quantitative estimate of drug-likeness (QED) is 0.564. The Hall–Kier alpha value is -2.09. The number of carbonyl (C=O) groups is 1. The van der Waals surface area contributed by atoms with Gasteiger partial charge in [-0.1, -0.05) is 0 Å². The van der Waals surface area contributed by atoms with Gasteiger partial charge in [-0.3, -0.25) is 0 Å². The number of carbonyl (C=O) groups excluding carboxylic acids is 1. The minimum atomic E-state index is -0.802. The monoisotopic (exact) mass is 194 g/mol. The number of benzene rings is 1. The lowest BCUT2D eigenvalue weighted by atomic mass is 10.2. The molecule has 0 aliphatic rings. The summed E-state index contributed by atoms with van der Waals surface area (Å²) in [4.78, 5) is 11.2. The summed E-state index contributed by atoms with van der Waals surface area (Å²) >= 11 is 0. The first-order chi connectivity index (χ1) is 6.65. The van der Waals surface area contributed by atoms with Crippen molar-refractivity contribution in [3.63, 3.8) is 0 Å². The maximum Gasteiger partial charge on any atom is 0.341 e. The summed E-state index contributed by atoms with van der Waals surface area (Å²) in [5, 5.41) is 8.15. The summed E-state index contributed by atoms with van der Waals surface area (Å²) in [5.74, 6) is -1.38. The van der Waals surface area contributed by atoms with Gasteiger partial charge in [0.25, 0.3) is 0 Å². The van der Waals surface area contributed by atoms with E-state index in [-0.39, 0.29) is 17.9 Å². The fourth-order valence-corrected chi connectivity index (χ4v) is 0.881. The van der Waals surface area contributed by atoms with Crippen molar-refractivity contribution in [1.82, 2.24) is 0 Å². The second kappa shape index (κ2) is 4.23. The highest BCUT2D eigenvalue weighted by Crippen LogP contribution is 2.14. The van der Waals surface area contributed by atoms with Crippen LogP contribution in [0.1, 0.15) is 10.4 Å². The van der Waals surface area contributed by atoms with Gasteiger partial charge in [-0.15, -0.1) is 0 Å². The van der Waals surface area contributed by atoms with Gasteiger partial charge in [-0.2, -0.15) is 5.26 Å². The molecule has 0 atom stereocenters. The third kappa shape index (κ3) is 2.20. The zero-order chi connectivity index (χ0) is 10.6. The first-order valence-electron chi connectivity index (χ1n) is 3.74. The average Bonchev–Trinajstić information content (AvgIpc) is 2.18. The van der Waals surface area contributed by atoms with E-state index >= 15 is 0 Å². The molecule has 0 amide bonds. The van der Waals surface area contributed by atoms with Crippen molar-refractivity contribution in [2.75, 3.05) is 12.3 Å². The van der Waals surface area contributed by atoms with Crippen LogP contribution in [0, 0.1) is 17.1 Å². The van der Waals surface area contributed by atoms with E-state index in [4.69, 9.17) is 11.0 Å². The van der Waals surface area contributed by atoms with Crippen LogP contribution >= 0.6 is 0 Å². The first-order valence-corrected chi connectivity index (χ1v) is 3.74. The van der Waals surface area contributed by atoms with Gasteiger partial charge in [-0.25, -0.2) is 9.18 Å². The predicted molar refractivity (Wildman–Crippen MR) is 46.7 cm³/mol. The van der Waals surface area contributed by atoms with Crippen LogP contribution in [0.4, 0.5) is 10.1 Å². The Morgan fingerprint density at radius 1 is 1.64 bits per heavy atom. The summed E-state index contributed by atoms with van der Waals surface area (Å²) in [6.07, 6.45) is 0. The topological polar surface area (TPSA) is 76.1 Å². The van der Waals surface area contributed by atoms with Crippen LogP contribution in [0.5, 0.6) is 0 Å². The summed E-state index contributed by atoms with van der Waals surface area (Å²) in [5.41, 5.74) is 5.46. The second-order valence-corrected chi connectivity index (χ2v) is 2.47. The average molecular weight is 194 g/mol. The molecule has 0 aromatic heterocycles. The molecular weight excluding hydrogens is 187 g/mol. The summed E-state index contributed by atoms with van der Waals surface area (Å²) in [6, 6.07) is 4.99. The van der Waals surface area contributed by atoms with E-state index in [1.807, 2.05) is 0 Å². The lowest BCUT2D eigenvalue weighted by Gasteiger charge is -2.03. The van der Waals surface area contributed by atoms with Gasteiger partial charge < -0.3 is 10.5 Å². The van der Waals surface area contributed by atoms with Crippen molar-refractivity contribution < 1.29 is 13.9 Å². The SMILES string of the molecule is N#CCOC(=O)c1cc(F)ccc1N. The molecule has 0 radical (unpaired) electrons. The molecule has 5 heteroatoms. The molecule has 4 nitrogen and oxygen atoms in total. The third-order valence-electron chi connectivity index (χ3n) is 1.50. The molecule has 0 saturated heterocycles. The minimum Gasteiger partial charge on any atom is -0.447 e. The van der Waals surface area contributed by atoms with Gasteiger partial charge in [-0.05, 0) is 18.2 Å². The van der Waals surface area contributed by atoms with Crippen molar-refractivity contribution in [2.24, 2.45) is 0 Å². The third-order valence-corrected chi connectivity index (χ3v) is 1.50. The molecule has 0 unspecified atom stereocenters. The van der Waals surface area contributed by atoms with Crippen LogP contribution in [-0.4, -0.2) is 12.6 Å². The Morgan fingerprint density at radius 2 is 2.36 bits per heavy atom. The number of hydrogen-bond acceptors (Lipinski definition) is 4. The Bertz CT molecular complexity index is 398. The number of nitriles is 1. The van der Waals surface area contributed by atoms with Crippen molar-refractivity contribution in [1.29, 1.82) is 5.26 Å². The fourth-order valence-electron chi connectivity index (χ4n) is 0.881. The molecule has 0 fully saturated rings. The molecule has 1 aromatic carbocycles. The van der Waals surface area contributed by atoms with Crippen molar-refractivity contribution in [3.8, 4) is 6.07 Å². The van der Waals surface area contributed by atoms with Gasteiger partial charge in [0.15, 0.2) is 6.61 Å². The van der Waals surface area contributed by atoms with E-state index in [0.29, 0.717) is 0 Å². The summed E-state index contributed by atoms with van der Waals surface area (Å²) in [6.45, 7) is -0.380. The Kier molecular flexibility index (Phi) is 3.02. The van der Waals surface area contributed by atoms with Crippen LogP contribution in [-0.2, 0) is 4.74 Å². The number of halogens is 1. The van der Waals surface area contributed by atoms with E-state index in [1.165, 1.54) is 6.07 Å². The molecule has 0 aliphatic carbocycles. The zero-order valence-electron chi connectivity index (χ0n) is 7.16. The maximum absolute atomic E-state index is 12.7. The largest absolute Gasteiger partial charge is 0.447 e. The van der Waals surface area contributed by atoms with E-state index < -0.39 is 11.8 Å². The zero-order valence-corrected chi connectivity index (χ0v) is 7.16. The predicted octanol–water partition coefficient (Wildman–Crippen LogP) is 1.09. The van der Waals surface area contributed by atoms with Gasteiger partial charge in [0, 0.05) is 5.69 Å². The number of nitrogen functional groups attached to an aromatic ring is 1. The van der Waals surface area contributed by atoms with Crippen LogP contribution in [0.25, 0.3) is 0 Å². The molecule has 0 bridgehead atoms. The highest BCUT2D eigenvalue weighted by atomic mass is 19.1. The lowest BCUT2D eigenvalue weighted by Crippen LogP contribution is -2.08. The van der Waals surface area contributed by atoms with Crippen molar-refractivity contribution in [3.05, 3.63) is 29.6 Å². The molecule has 0 aliphatic heterocycles. The van der Waals surface area contributed by atoms with E-state index in [1.54, 1.807) is 6.07 Å². The molecule has 0 spiro atoms. The van der Waals surface area contributed by atoms with Gasteiger partial charge in [0.2, 0.25) is 0 Å². The Labute approximate surface area is 79.7 Å². The van der Waals surface area contributed by atoms with Gasteiger partial charge in [0.1, 0.15) is 11.9 Å². The number of ether oxygens (including phenoxy) is 1. The lowest BCUT2D eigenvalue weighted by molar-refractivity contribution is 0.0555. The molecule has 0 saturated carbocycles. The number of anilines is 1. The number of esters is 1. The fraction of sp³-hybridized carbons (Fsp3) is 0.111. The molecular formula is C9H7FN2O2. The van der Waals surface area contributed by atoms with Gasteiger partial charge in [0.05, 0.1) is 5.56 Å². The Balaban J connectivity index is 2.90. The van der Waals surface area contributed by atoms with Crippen LogP contribution in [0.15, 0.2) is 18.2 Å². The number of nitrogens with zero attached hydrogens (tertiary/aromatic N) is 1. The highest BCUT2D eigenvalue weighted by molar-refractivity contribution is 5.95. The smallest absolute Gasteiger partial charge is 0.341 e. The standard InChI is InChI=1S/C9H7FN2O2/c10-6-1-2-8(12)7(5-6)9(13)14-4-3-11/h1-2,5H,4,12H2. The van der Waals surface area contributed by atoms with Crippen molar-refractivity contribution in [2.45, 2.75) is 0 Å². The molecule has 0 heterocycles. The van der Waals surface area contributed by atoms with Gasteiger partial charge >= 0.3 is 5.97 Å². The van der Waals surface area contributed by atoms with Crippen LogP contribution < -0.4 is 5.73 Å².